The number of halogens is 6. The van der Waals surface area contributed by atoms with E-state index in [1.54, 1.807) is 0 Å². The number of rotatable bonds is 4. The molecule has 2 atom stereocenters. The van der Waals surface area contributed by atoms with Gasteiger partial charge in [-0.2, -0.15) is 34.8 Å². The van der Waals surface area contributed by atoms with Gasteiger partial charge in [0.05, 0.1) is 5.41 Å². The molecule has 4 bridgehead atoms. The second-order valence-corrected chi connectivity index (χ2v) is 10.7. The molecule has 0 radical (unpaired) electrons. The minimum atomic E-state index is -5.79. The number of carbonyl (C=O) groups is 1. The molecule has 0 saturated heterocycles. The monoisotopic (exact) mass is 466 g/mol. The summed E-state index contributed by atoms with van der Waals surface area (Å²) in [6.07, 6.45) is -1.25. The lowest BCUT2D eigenvalue weighted by atomic mass is 9.55. The molecule has 0 aromatic rings. The van der Waals surface area contributed by atoms with Gasteiger partial charge < -0.3 is 4.74 Å². The van der Waals surface area contributed by atoms with Gasteiger partial charge in [0, 0.05) is 12.8 Å². The Morgan fingerprint density at radius 1 is 0.933 bits per heavy atom. The van der Waals surface area contributed by atoms with E-state index in [0.29, 0.717) is 12.8 Å². The molecule has 1 N–H and O–H groups in total. The predicted molar refractivity (Wildman–Crippen MR) is 91.8 cm³/mol. The summed E-state index contributed by atoms with van der Waals surface area (Å²) < 4.78 is 118. The molecule has 4 fully saturated rings. The third kappa shape index (κ3) is 4.44. The third-order valence-electron chi connectivity index (χ3n) is 6.82. The highest BCUT2D eigenvalue weighted by atomic mass is 32.2. The van der Waals surface area contributed by atoms with Crippen molar-refractivity contribution in [2.45, 2.75) is 74.9 Å². The maximum Gasteiger partial charge on any atom is 0.402 e. The molecule has 5 nitrogen and oxygen atoms in total. The zero-order valence-electron chi connectivity index (χ0n) is 16.1. The summed E-state index contributed by atoms with van der Waals surface area (Å²) in [5.74, 6) is -10.5. The number of esters is 1. The quantitative estimate of drug-likeness (QED) is 0.370. The molecule has 0 aliphatic heterocycles. The van der Waals surface area contributed by atoms with Gasteiger partial charge in [-0.1, -0.05) is 0 Å². The van der Waals surface area contributed by atoms with Crippen LogP contribution in [0.25, 0.3) is 0 Å². The lowest BCUT2D eigenvalue weighted by Crippen LogP contribution is -2.47. The smallest absolute Gasteiger partial charge is 0.402 e. The van der Waals surface area contributed by atoms with Crippen molar-refractivity contribution in [1.82, 2.24) is 0 Å². The van der Waals surface area contributed by atoms with Crippen LogP contribution in [0.1, 0.15) is 57.8 Å². The number of fused-ring (bicyclic) bond motifs is 5. The zero-order valence-corrected chi connectivity index (χ0v) is 16.9. The van der Waals surface area contributed by atoms with Crippen molar-refractivity contribution in [3.8, 4) is 0 Å². The number of carbonyl (C=O) groups excluding carboxylic acids is 1. The summed E-state index contributed by atoms with van der Waals surface area (Å²) in [4.78, 5) is 12.7. The van der Waals surface area contributed by atoms with Crippen LogP contribution in [-0.2, 0) is 19.6 Å². The van der Waals surface area contributed by atoms with Crippen LogP contribution >= 0.6 is 0 Å². The molecule has 30 heavy (non-hydrogen) atoms. The van der Waals surface area contributed by atoms with Crippen LogP contribution in [0.3, 0.4) is 0 Å². The second kappa shape index (κ2) is 7.53. The van der Waals surface area contributed by atoms with E-state index in [0.717, 1.165) is 0 Å². The van der Waals surface area contributed by atoms with Gasteiger partial charge in [-0.05, 0) is 62.7 Å². The summed E-state index contributed by atoms with van der Waals surface area (Å²) in [6, 6.07) is 0. The summed E-state index contributed by atoms with van der Waals surface area (Å²) in [6.45, 7) is -1.87. The standard InChI is InChI=1S/C18H24F6O5S/c19-16(20)3-1-11-5-13-6-12(2-4-17(16,21)22)8-15(7-11,9-13)14(25)29-10-18(23,24)30(26,27)28/h11-13H,1-10H2,(H,26,27,28). The van der Waals surface area contributed by atoms with Gasteiger partial charge in [0.25, 0.3) is 0 Å². The first-order valence-electron chi connectivity index (χ1n) is 9.85. The van der Waals surface area contributed by atoms with E-state index in [4.69, 9.17) is 4.55 Å². The predicted octanol–water partition coefficient (Wildman–Crippen LogP) is 4.67. The lowest BCUT2D eigenvalue weighted by Gasteiger charge is -2.49. The molecule has 0 spiro atoms. The van der Waals surface area contributed by atoms with Crippen molar-refractivity contribution in [1.29, 1.82) is 0 Å². The topological polar surface area (TPSA) is 80.7 Å². The molecule has 0 aromatic heterocycles. The van der Waals surface area contributed by atoms with Crippen molar-refractivity contribution in [3.05, 3.63) is 0 Å². The average Bonchev–Trinajstić information content (AvgIpc) is 2.62. The SMILES string of the molecule is O=C(OCC(F)(F)S(=O)(=O)O)C12CC3CCC(F)(F)C(F)(F)CCC(CC(C3)C1)C2. The van der Waals surface area contributed by atoms with E-state index in [2.05, 4.69) is 4.74 Å². The Labute approximate surface area is 170 Å². The Hall–Kier alpha value is -1.04. The van der Waals surface area contributed by atoms with Crippen molar-refractivity contribution in [2.24, 2.45) is 23.2 Å². The molecule has 174 valence electrons. The number of alkyl halides is 6. The molecule has 4 aliphatic carbocycles. The van der Waals surface area contributed by atoms with Crippen LogP contribution in [0.2, 0.25) is 0 Å². The third-order valence-corrected chi connectivity index (χ3v) is 7.69. The summed E-state index contributed by atoms with van der Waals surface area (Å²) in [5, 5.41) is -4.69. The highest BCUT2D eigenvalue weighted by Crippen LogP contribution is 2.57. The number of hydrogen-bond donors (Lipinski definition) is 1. The fourth-order valence-corrected chi connectivity index (χ4v) is 5.69. The van der Waals surface area contributed by atoms with E-state index in [9.17, 15) is 39.6 Å². The van der Waals surface area contributed by atoms with Gasteiger partial charge >= 0.3 is 33.2 Å². The Balaban J connectivity index is 1.83. The van der Waals surface area contributed by atoms with Gasteiger partial charge in [0.15, 0.2) is 6.61 Å². The van der Waals surface area contributed by atoms with E-state index >= 15 is 0 Å². The summed E-state index contributed by atoms with van der Waals surface area (Å²) >= 11 is 0. The van der Waals surface area contributed by atoms with Crippen LogP contribution in [0, 0.1) is 23.2 Å². The molecule has 2 unspecified atom stereocenters. The van der Waals surface area contributed by atoms with E-state index in [1.165, 1.54) is 0 Å². The van der Waals surface area contributed by atoms with E-state index in [-0.39, 0.29) is 38.0 Å². The Morgan fingerprint density at radius 2 is 1.37 bits per heavy atom. The first-order valence-corrected chi connectivity index (χ1v) is 11.3. The van der Waals surface area contributed by atoms with Crippen molar-refractivity contribution >= 4 is 16.1 Å². The molecule has 0 aromatic carbocycles. The van der Waals surface area contributed by atoms with Crippen LogP contribution in [0.5, 0.6) is 0 Å². The molecule has 0 amide bonds. The average molecular weight is 466 g/mol. The van der Waals surface area contributed by atoms with Crippen LogP contribution < -0.4 is 0 Å². The fraction of sp³-hybridized carbons (Fsp3) is 0.944. The number of ether oxygens (including phenoxy) is 1. The molecule has 4 aliphatic rings. The van der Waals surface area contributed by atoms with Crippen LogP contribution in [0.4, 0.5) is 26.3 Å². The fourth-order valence-electron chi connectivity index (χ4n) is 5.48. The van der Waals surface area contributed by atoms with Gasteiger partial charge in [0.2, 0.25) is 0 Å². The molecule has 4 rings (SSSR count). The Bertz CT molecular complexity index is 754. The van der Waals surface area contributed by atoms with Gasteiger partial charge in [-0.25, -0.2) is 0 Å². The normalized spacial score (nSPS) is 36.2. The van der Waals surface area contributed by atoms with Crippen molar-refractivity contribution in [3.63, 3.8) is 0 Å². The maximum absolute atomic E-state index is 14.0. The first kappa shape index (κ1) is 23.6. The second-order valence-electron chi connectivity index (χ2n) is 9.14. The van der Waals surface area contributed by atoms with Gasteiger partial charge in [-0.3, -0.25) is 9.35 Å². The van der Waals surface area contributed by atoms with Crippen LogP contribution in [-0.4, -0.2) is 42.6 Å². The zero-order chi connectivity index (χ0) is 22.6. The summed E-state index contributed by atoms with van der Waals surface area (Å²) in [5.41, 5.74) is -1.30. The van der Waals surface area contributed by atoms with Crippen molar-refractivity contribution < 1.29 is 48.8 Å². The van der Waals surface area contributed by atoms with Gasteiger partial charge in [0.1, 0.15) is 0 Å². The molecule has 0 heterocycles. The van der Waals surface area contributed by atoms with E-state index < -0.39 is 69.9 Å². The van der Waals surface area contributed by atoms with E-state index in [1.807, 2.05) is 0 Å². The Kier molecular flexibility index (Phi) is 5.93. The minimum absolute atomic E-state index is 0.0396. The highest BCUT2D eigenvalue weighted by molar-refractivity contribution is 7.86. The first-order chi connectivity index (χ1) is 13.6. The molecule has 12 heteroatoms. The molecule has 4 saturated carbocycles. The van der Waals surface area contributed by atoms with Gasteiger partial charge in [-0.15, -0.1) is 0 Å². The molecular weight excluding hydrogens is 442 g/mol. The van der Waals surface area contributed by atoms with Crippen LogP contribution in [0.15, 0.2) is 0 Å². The largest absolute Gasteiger partial charge is 0.458 e. The Morgan fingerprint density at radius 3 is 1.80 bits per heavy atom. The summed E-state index contributed by atoms with van der Waals surface area (Å²) in [7, 11) is -5.79. The highest BCUT2D eigenvalue weighted by Gasteiger charge is 2.58. The lowest BCUT2D eigenvalue weighted by molar-refractivity contribution is -0.217. The minimum Gasteiger partial charge on any atom is -0.458 e. The molecular formula is C18H24F6O5S. The maximum atomic E-state index is 14.0. The van der Waals surface area contributed by atoms with Crippen molar-refractivity contribution in [2.75, 3.05) is 6.61 Å². The number of hydrogen-bond acceptors (Lipinski definition) is 4.